The Bertz CT molecular complexity index is 1310. The monoisotopic (exact) mass is 535 g/mol. The summed E-state index contributed by atoms with van der Waals surface area (Å²) in [5.41, 5.74) is 4.82. The molecule has 8 heteroatoms. The largest absolute Gasteiger partial charge is 0.377 e. The third-order valence-corrected chi connectivity index (χ3v) is 7.20. The van der Waals surface area contributed by atoms with Crippen LogP contribution >= 0.6 is 11.6 Å². The summed E-state index contributed by atoms with van der Waals surface area (Å²) in [6.07, 6.45) is 8.23. The molecular weight excluding hydrogens is 501 g/mol. The highest BCUT2D eigenvalue weighted by Gasteiger charge is 2.19. The third kappa shape index (κ3) is 6.51. The van der Waals surface area contributed by atoms with E-state index in [2.05, 4.69) is 64.0 Å². The third-order valence-electron chi connectivity index (χ3n) is 6.92. The van der Waals surface area contributed by atoms with E-state index in [1.165, 1.54) is 48.5 Å². The summed E-state index contributed by atoms with van der Waals surface area (Å²) < 4.78 is 14.6. The lowest BCUT2D eigenvalue weighted by Gasteiger charge is -2.30. The van der Waals surface area contributed by atoms with Crippen molar-refractivity contribution < 1.29 is 9.18 Å². The van der Waals surface area contributed by atoms with Gasteiger partial charge in [0.15, 0.2) is 0 Å². The maximum atomic E-state index is 14.6. The molecule has 2 heterocycles. The molecule has 4 rings (SSSR count). The second kappa shape index (κ2) is 12.4. The molecule has 2 aromatic carbocycles. The van der Waals surface area contributed by atoms with E-state index in [0.29, 0.717) is 6.42 Å². The molecule has 3 aromatic rings. The van der Waals surface area contributed by atoms with Gasteiger partial charge in [-0.05, 0) is 74.4 Å². The minimum absolute atomic E-state index is 0.0731. The zero-order chi connectivity index (χ0) is 27.2. The lowest BCUT2D eigenvalue weighted by atomic mass is 10.0. The van der Waals surface area contributed by atoms with Crippen LogP contribution in [0.4, 0.5) is 15.8 Å². The molecule has 38 heavy (non-hydrogen) atoms. The second-order valence-electron chi connectivity index (χ2n) is 9.98. The van der Waals surface area contributed by atoms with Crippen LogP contribution in [0.2, 0.25) is 5.02 Å². The predicted octanol–water partition coefficient (Wildman–Crippen LogP) is 6.22. The Labute approximate surface area is 229 Å². The molecule has 0 radical (unpaired) electrons. The molecule has 1 aliphatic heterocycles. The van der Waals surface area contributed by atoms with E-state index in [0.717, 1.165) is 25.1 Å². The van der Waals surface area contributed by atoms with Gasteiger partial charge in [-0.2, -0.15) is 0 Å². The number of benzene rings is 2. The van der Waals surface area contributed by atoms with E-state index < -0.39 is 11.7 Å². The molecule has 1 fully saturated rings. The highest BCUT2D eigenvalue weighted by atomic mass is 35.5. The second-order valence-corrected chi connectivity index (χ2v) is 10.4. The van der Waals surface area contributed by atoms with Crippen LogP contribution in [0.3, 0.4) is 0 Å². The molecular formula is C30H35ClFN5O. The quantitative estimate of drug-likeness (QED) is 0.330. The Hall–Kier alpha value is -3.45. The van der Waals surface area contributed by atoms with Crippen molar-refractivity contribution in [2.45, 2.75) is 45.1 Å². The number of piperidine rings is 1. The topological polar surface area (TPSA) is 61.4 Å². The van der Waals surface area contributed by atoms with Gasteiger partial charge in [0.1, 0.15) is 5.82 Å². The fourth-order valence-corrected chi connectivity index (χ4v) is 4.99. The molecule has 1 N–H and O–H groups in total. The summed E-state index contributed by atoms with van der Waals surface area (Å²) in [6, 6.07) is 11.1. The Kier molecular flexibility index (Phi) is 9.00. The summed E-state index contributed by atoms with van der Waals surface area (Å²) in [6.45, 7) is 7.91. The molecule has 1 aliphatic rings. The number of hydrogen-bond donors (Lipinski definition) is 1. The van der Waals surface area contributed by atoms with Crippen molar-refractivity contribution in [1.29, 1.82) is 0 Å². The fourth-order valence-electron chi connectivity index (χ4n) is 4.80. The molecule has 1 aromatic heterocycles. The molecule has 0 spiro atoms. The molecule has 200 valence electrons. The van der Waals surface area contributed by atoms with E-state index in [1.807, 2.05) is 0 Å². The minimum Gasteiger partial charge on any atom is -0.377 e. The maximum absolute atomic E-state index is 14.6. The lowest BCUT2D eigenvalue weighted by molar-refractivity contribution is 0.0932. The highest BCUT2D eigenvalue weighted by Crippen LogP contribution is 2.30. The molecule has 0 saturated carbocycles. The number of rotatable bonds is 9. The molecule has 1 amide bonds. The molecule has 1 unspecified atom stereocenters. The van der Waals surface area contributed by atoms with E-state index in [9.17, 15) is 9.18 Å². The SMILES string of the molecule is C=CC(CCc1ccc(N2CCCCC2)cc1N(C)C)NC(=O)c1ncc(Cl)c(-c2ccc(C)cc2F)n1. The van der Waals surface area contributed by atoms with Gasteiger partial charge >= 0.3 is 0 Å². The van der Waals surface area contributed by atoms with Crippen molar-refractivity contribution in [2.75, 3.05) is 37.0 Å². The number of carbonyl (C=O) groups excluding carboxylic acids is 1. The number of amides is 1. The van der Waals surface area contributed by atoms with E-state index >= 15 is 0 Å². The van der Waals surface area contributed by atoms with Crippen LogP contribution in [0.15, 0.2) is 55.3 Å². The van der Waals surface area contributed by atoms with Crippen molar-refractivity contribution in [2.24, 2.45) is 0 Å². The van der Waals surface area contributed by atoms with E-state index in [4.69, 9.17) is 11.6 Å². The van der Waals surface area contributed by atoms with Crippen molar-refractivity contribution in [3.63, 3.8) is 0 Å². The van der Waals surface area contributed by atoms with Crippen molar-refractivity contribution in [3.8, 4) is 11.3 Å². The van der Waals surface area contributed by atoms with Gasteiger partial charge in [-0.25, -0.2) is 14.4 Å². The summed E-state index contributed by atoms with van der Waals surface area (Å²) in [5, 5.41) is 3.12. The molecule has 0 aliphatic carbocycles. The normalized spacial score (nSPS) is 14.2. The number of halogens is 2. The first kappa shape index (κ1) is 27.6. The smallest absolute Gasteiger partial charge is 0.289 e. The van der Waals surface area contributed by atoms with Gasteiger partial charge in [0.05, 0.1) is 16.9 Å². The van der Waals surface area contributed by atoms with Crippen LogP contribution in [0.1, 0.15) is 47.4 Å². The Morgan fingerprint density at radius 3 is 2.66 bits per heavy atom. The van der Waals surface area contributed by atoms with Crippen LogP contribution in [0.25, 0.3) is 11.3 Å². The first-order chi connectivity index (χ1) is 18.3. The van der Waals surface area contributed by atoms with Gasteiger partial charge in [0.2, 0.25) is 5.82 Å². The van der Waals surface area contributed by atoms with Crippen molar-refractivity contribution in [1.82, 2.24) is 15.3 Å². The van der Waals surface area contributed by atoms with Gasteiger partial charge in [0.25, 0.3) is 5.91 Å². The standard InChI is InChI=1S/C30H35ClFN5O/c1-5-22(12-10-21-11-13-23(18-27(21)36(3)4)37-15-7-6-8-16-37)34-30(38)29-33-19-25(31)28(35-29)24-14-9-20(2)17-26(24)32/h5,9,11,13-14,17-19,22H,1,6-8,10,12,15-16H2,2-4H3,(H,34,38). The lowest BCUT2D eigenvalue weighted by Crippen LogP contribution is -2.35. The van der Waals surface area contributed by atoms with Crippen LogP contribution in [-0.2, 0) is 6.42 Å². The number of hydrogen-bond acceptors (Lipinski definition) is 5. The van der Waals surface area contributed by atoms with Gasteiger partial charge in [-0.3, -0.25) is 4.79 Å². The zero-order valence-electron chi connectivity index (χ0n) is 22.3. The number of aromatic nitrogens is 2. The Morgan fingerprint density at radius 1 is 1.21 bits per heavy atom. The number of nitrogens with zero attached hydrogens (tertiary/aromatic N) is 4. The Morgan fingerprint density at radius 2 is 1.97 bits per heavy atom. The maximum Gasteiger partial charge on any atom is 0.289 e. The molecule has 6 nitrogen and oxygen atoms in total. The van der Waals surface area contributed by atoms with E-state index in [-0.39, 0.29) is 28.1 Å². The number of nitrogens with one attached hydrogen (secondary N) is 1. The van der Waals surface area contributed by atoms with Crippen molar-refractivity contribution in [3.05, 3.63) is 83.0 Å². The van der Waals surface area contributed by atoms with E-state index in [1.54, 1.807) is 25.1 Å². The van der Waals surface area contributed by atoms with Crippen LogP contribution < -0.4 is 15.1 Å². The summed E-state index contributed by atoms with van der Waals surface area (Å²) in [5.74, 6) is -0.992. The Balaban J connectivity index is 1.46. The average molecular weight is 536 g/mol. The van der Waals surface area contributed by atoms with Gasteiger partial charge < -0.3 is 15.1 Å². The van der Waals surface area contributed by atoms with Crippen LogP contribution in [-0.4, -0.2) is 49.1 Å². The van der Waals surface area contributed by atoms with Gasteiger partial charge in [-0.15, -0.1) is 6.58 Å². The summed E-state index contributed by atoms with van der Waals surface area (Å²) >= 11 is 6.25. The summed E-state index contributed by atoms with van der Waals surface area (Å²) in [7, 11) is 4.11. The van der Waals surface area contributed by atoms with Gasteiger partial charge in [0, 0.05) is 50.2 Å². The number of anilines is 2. The molecule has 1 saturated heterocycles. The van der Waals surface area contributed by atoms with Crippen molar-refractivity contribution >= 4 is 28.9 Å². The number of aryl methyl sites for hydroxylation is 2. The summed E-state index contributed by atoms with van der Waals surface area (Å²) in [4.78, 5) is 26.0. The first-order valence-electron chi connectivity index (χ1n) is 13.0. The highest BCUT2D eigenvalue weighted by molar-refractivity contribution is 6.33. The predicted molar refractivity (Wildman–Crippen MR) is 154 cm³/mol. The van der Waals surface area contributed by atoms with Gasteiger partial charge in [-0.1, -0.05) is 29.8 Å². The molecule has 0 bridgehead atoms. The first-order valence-corrected chi connectivity index (χ1v) is 13.4. The minimum atomic E-state index is -0.464. The zero-order valence-corrected chi connectivity index (χ0v) is 23.1. The average Bonchev–Trinajstić information content (AvgIpc) is 2.92. The van der Waals surface area contributed by atoms with Crippen LogP contribution in [0.5, 0.6) is 0 Å². The number of carbonyl (C=O) groups is 1. The van der Waals surface area contributed by atoms with Crippen LogP contribution in [0, 0.1) is 12.7 Å². The molecule has 1 atom stereocenters. The fraction of sp³-hybridized carbons (Fsp3) is 0.367.